The van der Waals surface area contributed by atoms with Gasteiger partial charge in [-0.15, -0.1) is 0 Å². The Balaban J connectivity index is 1.52. The maximum atomic E-state index is 14.0. The second kappa shape index (κ2) is 12.1. The van der Waals surface area contributed by atoms with Crippen LogP contribution in [0.2, 0.25) is 0 Å². The van der Waals surface area contributed by atoms with Gasteiger partial charge in [0.15, 0.2) is 5.79 Å². The molecule has 4 heterocycles. The summed E-state index contributed by atoms with van der Waals surface area (Å²) in [6, 6.07) is 0. The van der Waals surface area contributed by atoms with Crippen LogP contribution in [0.5, 0.6) is 0 Å². The van der Waals surface area contributed by atoms with Crippen LogP contribution < -0.4 is 0 Å². The Bertz CT molecular complexity index is 1100. The van der Waals surface area contributed by atoms with Crippen molar-refractivity contribution in [3.8, 4) is 0 Å². The minimum absolute atomic E-state index is 0.0846. The van der Waals surface area contributed by atoms with Gasteiger partial charge in [-0.3, -0.25) is 4.79 Å². The summed E-state index contributed by atoms with van der Waals surface area (Å²) >= 11 is 0. The van der Waals surface area contributed by atoms with E-state index in [0.717, 1.165) is 31.3 Å². The van der Waals surface area contributed by atoms with E-state index in [4.69, 9.17) is 23.7 Å². The summed E-state index contributed by atoms with van der Waals surface area (Å²) in [6.07, 6.45) is 13.1. The highest BCUT2D eigenvalue weighted by atomic mass is 16.7. The van der Waals surface area contributed by atoms with E-state index in [1.807, 2.05) is 25.2 Å². The van der Waals surface area contributed by atoms with Crippen LogP contribution in [0.25, 0.3) is 0 Å². The van der Waals surface area contributed by atoms with Gasteiger partial charge in [0.1, 0.15) is 29.8 Å². The molecule has 0 aromatic rings. The molecule has 4 aliphatic heterocycles. The first-order valence-electron chi connectivity index (χ1n) is 15.6. The summed E-state index contributed by atoms with van der Waals surface area (Å²) < 4.78 is 31.7. The van der Waals surface area contributed by atoms with E-state index in [-0.39, 0.29) is 24.9 Å². The lowest BCUT2D eigenvalue weighted by molar-refractivity contribution is -0.340. The van der Waals surface area contributed by atoms with Crippen molar-refractivity contribution in [3.63, 3.8) is 0 Å². The van der Waals surface area contributed by atoms with Crippen LogP contribution >= 0.6 is 0 Å². The SMILES string of the molecule is CO[C@@H]1C(C)=C[C@H]2C(=O)O[C@H]3C[C@@H](C/C=C(\C)C[C@@H](C)/C=C/C=C4\CO[C@H]1[C@@]42O)O[C@@]1(CC[C@@H](C)[C@@H](C(C)C)O1)C3. The number of carbonyl (C=O) groups excluding carboxylic acids is 1. The molecule has 0 saturated carbocycles. The number of esters is 1. The van der Waals surface area contributed by atoms with E-state index in [1.165, 1.54) is 5.57 Å². The Hall–Kier alpha value is -1.77. The minimum atomic E-state index is -1.56. The quantitative estimate of drug-likeness (QED) is 0.331. The van der Waals surface area contributed by atoms with Crippen LogP contribution in [-0.2, 0) is 28.5 Å². The number of hydrogen-bond acceptors (Lipinski definition) is 7. The first-order valence-corrected chi connectivity index (χ1v) is 15.6. The molecular formula is C34H50O7. The molecule has 1 spiro atoms. The van der Waals surface area contributed by atoms with E-state index >= 15 is 0 Å². The number of fused-ring (bicyclic) bond motifs is 2. The highest BCUT2D eigenvalue weighted by Crippen LogP contribution is 2.48. The summed E-state index contributed by atoms with van der Waals surface area (Å²) in [6.45, 7) is 13.1. The third-order valence-corrected chi connectivity index (χ3v) is 9.89. The smallest absolute Gasteiger partial charge is 0.316 e. The molecule has 5 aliphatic rings. The largest absolute Gasteiger partial charge is 0.462 e. The third-order valence-electron chi connectivity index (χ3n) is 9.89. The second-order valence-corrected chi connectivity index (χ2v) is 13.6. The minimum Gasteiger partial charge on any atom is -0.462 e. The lowest BCUT2D eigenvalue weighted by Crippen LogP contribution is -2.58. The first-order chi connectivity index (χ1) is 19.5. The third kappa shape index (κ3) is 6.03. The van der Waals surface area contributed by atoms with Crippen molar-refractivity contribution in [3.05, 3.63) is 47.1 Å². The average Bonchev–Trinajstić information content (AvgIpc) is 3.24. The van der Waals surface area contributed by atoms with E-state index < -0.39 is 35.5 Å². The van der Waals surface area contributed by atoms with Crippen LogP contribution in [-0.4, -0.2) is 66.7 Å². The number of methoxy groups -OCH3 is 1. The number of carbonyl (C=O) groups is 1. The molecule has 2 bridgehead atoms. The van der Waals surface area contributed by atoms with Crippen LogP contribution in [0.3, 0.4) is 0 Å². The van der Waals surface area contributed by atoms with Gasteiger partial charge in [-0.25, -0.2) is 0 Å². The van der Waals surface area contributed by atoms with Gasteiger partial charge < -0.3 is 28.8 Å². The Labute approximate surface area is 246 Å². The molecule has 3 saturated heterocycles. The predicted octanol–water partition coefficient (Wildman–Crippen LogP) is 5.82. The molecule has 10 atom stereocenters. The van der Waals surface area contributed by atoms with Crippen LogP contribution in [0.15, 0.2) is 47.1 Å². The van der Waals surface area contributed by atoms with E-state index in [1.54, 1.807) is 7.11 Å². The zero-order valence-electron chi connectivity index (χ0n) is 25.9. The highest BCUT2D eigenvalue weighted by Gasteiger charge is 2.60. The number of hydrogen-bond donors (Lipinski definition) is 1. The molecule has 0 aromatic carbocycles. The predicted molar refractivity (Wildman–Crippen MR) is 157 cm³/mol. The summed E-state index contributed by atoms with van der Waals surface area (Å²) in [7, 11) is 1.61. The maximum Gasteiger partial charge on any atom is 0.316 e. The van der Waals surface area contributed by atoms with Gasteiger partial charge in [-0.2, -0.15) is 0 Å². The molecule has 0 unspecified atom stereocenters. The molecule has 228 valence electrons. The summed E-state index contributed by atoms with van der Waals surface area (Å²) in [5.74, 6) is -1.01. The van der Waals surface area contributed by atoms with E-state index in [0.29, 0.717) is 36.2 Å². The normalized spacial score (nSPS) is 47.0. The molecular weight excluding hydrogens is 520 g/mol. The van der Waals surface area contributed by atoms with Gasteiger partial charge in [-0.05, 0) is 62.0 Å². The topological polar surface area (TPSA) is 83.5 Å². The first kappa shape index (κ1) is 30.7. The van der Waals surface area contributed by atoms with Crippen molar-refractivity contribution in [2.75, 3.05) is 13.7 Å². The number of allylic oxidation sites excluding steroid dienone is 4. The average molecular weight is 571 g/mol. The Morgan fingerprint density at radius 2 is 1.93 bits per heavy atom. The highest BCUT2D eigenvalue weighted by molar-refractivity contribution is 5.78. The van der Waals surface area contributed by atoms with Crippen molar-refractivity contribution in [1.29, 1.82) is 0 Å². The number of ether oxygens (including phenoxy) is 5. The maximum absolute atomic E-state index is 14.0. The number of rotatable bonds is 2. The van der Waals surface area contributed by atoms with Crippen molar-refractivity contribution >= 4 is 5.97 Å². The summed E-state index contributed by atoms with van der Waals surface area (Å²) in [4.78, 5) is 14.0. The fourth-order valence-electron chi connectivity index (χ4n) is 7.78. The second-order valence-electron chi connectivity index (χ2n) is 13.6. The molecule has 1 N–H and O–H groups in total. The number of aliphatic hydroxyl groups is 1. The van der Waals surface area contributed by atoms with E-state index in [9.17, 15) is 9.90 Å². The zero-order chi connectivity index (χ0) is 29.5. The molecule has 0 aromatic heterocycles. The standard InChI is InChI=1S/C34H50O7/c1-20(2)29-23(5)13-14-33(41-29)18-27-17-26(40-33)12-11-22(4)15-21(3)9-8-10-25-19-38-31-30(37-7)24(6)16-28(32(35)39-27)34(25,31)36/h8-11,16,20-21,23,26-31,36H,12-15,17-19H2,1-7H3/b9-8+,22-11+,25-10+/t21-,23+,26+,27-,28-,29+,30+,31+,33+,34+/m0/s1. The Kier molecular flexibility index (Phi) is 9.04. The van der Waals surface area contributed by atoms with Crippen molar-refractivity contribution < 1.29 is 33.6 Å². The van der Waals surface area contributed by atoms with Gasteiger partial charge >= 0.3 is 5.97 Å². The summed E-state index contributed by atoms with van der Waals surface area (Å²) in [5.41, 5.74) is 1.27. The van der Waals surface area contributed by atoms with Crippen molar-refractivity contribution in [1.82, 2.24) is 0 Å². The van der Waals surface area contributed by atoms with Crippen LogP contribution in [0.4, 0.5) is 0 Å². The molecule has 41 heavy (non-hydrogen) atoms. The Morgan fingerprint density at radius 3 is 2.66 bits per heavy atom. The molecule has 0 amide bonds. The fourth-order valence-corrected chi connectivity index (χ4v) is 7.78. The lowest BCUT2D eigenvalue weighted by atomic mass is 9.70. The van der Waals surface area contributed by atoms with Gasteiger partial charge in [0.05, 0.1) is 18.8 Å². The monoisotopic (exact) mass is 570 g/mol. The Morgan fingerprint density at radius 1 is 1.15 bits per heavy atom. The van der Waals surface area contributed by atoms with Gasteiger partial charge in [0, 0.05) is 26.4 Å². The van der Waals surface area contributed by atoms with Crippen molar-refractivity contribution in [2.24, 2.45) is 23.7 Å². The van der Waals surface area contributed by atoms with Gasteiger partial charge in [-0.1, -0.05) is 63.6 Å². The van der Waals surface area contributed by atoms with Gasteiger partial charge in [0.25, 0.3) is 0 Å². The van der Waals surface area contributed by atoms with Crippen LogP contribution in [0, 0.1) is 23.7 Å². The molecule has 7 nitrogen and oxygen atoms in total. The van der Waals surface area contributed by atoms with E-state index in [2.05, 4.69) is 46.8 Å². The molecule has 0 radical (unpaired) electrons. The van der Waals surface area contributed by atoms with Gasteiger partial charge in [0.2, 0.25) is 0 Å². The lowest BCUT2D eigenvalue weighted by Gasteiger charge is -2.50. The molecule has 5 rings (SSSR count). The van der Waals surface area contributed by atoms with Crippen molar-refractivity contribution in [2.45, 2.75) is 122 Å². The molecule has 7 heteroatoms. The molecule has 3 fully saturated rings. The van der Waals surface area contributed by atoms with Crippen LogP contribution in [0.1, 0.15) is 80.1 Å². The molecule has 1 aliphatic carbocycles. The zero-order valence-corrected chi connectivity index (χ0v) is 25.9. The fraction of sp³-hybridized carbons (Fsp3) is 0.735. The summed E-state index contributed by atoms with van der Waals surface area (Å²) in [5, 5.41) is 12.3.